The topological polar surface area (TPSA) is 66.0 Å². The molecular formula is C23H21F3N2O2S. The molecule has 0 unspecified atom stereocenters. The van der Waals surface area contributed by atoms with Gasteiger partial charge in [0.25, 0.3) is 0 Å². The lowest BCUT2D eigenvalue weighted by Gasteiger charge is -2.08. The third-order valence-corrected chi connectivity index (χ3v) is 4.52. The van der Waals surface area contributed by atoms with Crippen molar-refractivity contribution in [3.63, 3.8) is 0 Å². The second kappa shape index (κ2) is 10.2. The first-order valence-electron chi connectivity index (χ1n) is 9.13. The molecule has 4 nitrogen and oxygen atoms in total. The average Bonchev–Trinajstić information content (AvgIpc) is 2.84. The number of hydrogen-bond acceptors (Lipinski definition) is 3. The third kappa shape index (κ3) is 5.30. The number of aromatic carboxylic acids is 1. The first-order chi connectivity index (χ1) is 14.7. The van der Waals surface area contributed by atoms with E-state index in [1.54, 1.807) is 23.9 Å². The summed E-state index contributed by atoms with van der Waals surface area (Å²) in [7, 11) is 1.000. The molecule has 0 saturated carbocycles. The van der Waals surface area contributed by atoms with Gasteiger partial charge in [0, 0.05) is 12.6 Å². The molecule has 8 heteroatoms. The lowest BCUT2D eigenvalue weighted by molar-refractivity contribution is -0.143. The van der Waals surface area contributed by atoms with Gasteiger partial charge in [0.05, 0.1) is 5.56 Å². The maximum absolute atomic E-state index is 13.4. The van der Waals surface area contributed by atoms with E-state index in [9.17, 15) is 28.3 Å². The highest BCUT2D eigenvalue weighted by Crippen LogP contribution is 2.40. The third-order valence-electron chi connectivity index (χ3n) is 4.52. The van der Waals surface area contributed by atoms with Crippen LogP contribution in [-0.2, 0) is 13.2 Å². The zero-order chi connectivity index (χ0) is 23.2. The van der Waals surface area contributed by atoms with Crippen molar-refractivity contribution in [3.8, 4) is 17.2 Å². The summed E-state index contributed by atoms with van der Waals surface area (Å²) in [4.78, 5) is 11.7. The van der Waals surface area contributed by atoms with Gasteiger partial charge in [0.1, 0.15) is 17.5 Å². The van der Waals surface area contributed by atoms with Gasteiger partial charge in [-0.05, 0) is 35.6 Å². The Morgan fingerprint density at radius 1 is 1.13 bits per heavy atom. The summed E-state index contributed by atoms with van der Waals surface area (Å²) in [5.41, 5.74) is -0.652. The number of allylic oxidation sites excluding steroid dienone is 6. The summed E-state index contributed by atoms with van der Waals surface area (Å²) >= 11 is 1.75. The van der Waals surface area contributed by atoms with Gasteiger partial charge in [-0.2, -0.15) is 30.2 Å². The van der Waals surface area contributed by atoms with E-state index in [0.29, 0.717) is 11.0 Å². The number of thioether (sulfide) groups is 1. The van der Waals surface area contributed by atoms with Crippen molar-refractivity contribution >= 4 is 23.3 Å². The van der Waals surface area contributed by atoms with E-state index >= 15 is 0 Å². The molecule has 1 aliphatic carbocycles. The quantitative estimate of drug-likeness (QED) is 0.613. The summed E-state index contributed by atoms with van der Waals surface area (Å²) in [6.07, 6.45) is 9.53. The summed E-state index contributed by atoms with van der Waals surface area (Å²) < 4.78 is 40.8. The van der Waals surface area contributed by atoms with Gasteiger partial charge < -0.3 is 9.67 Å². The largest absolute Gasteiger partial charge is 0.477 e. The van der Waals surface area contributed by atoms with Crippen molar-refractivity contribution in [1.29, 1.82) is 5.26 Å². The average molecular weight is 446 g/mol. The Kier molecular flexibility index (Phi) is 7.95. The van der Waals surface area contributed by atoms with Crippen LogP contribution in [0.25, 0.3) is 16.7 Å². The molecule has 1 aromatic heterocycles. The predicted molar refractivity (Wildman–Crippen MR) is 118 cm³/mol. The number of rotatable bonds is 3. The normalized spacial score (nSPS) is 13.0. The van der Waals surface area contributed by atoms with Gasteiger partial charge in [-0.3, -0.25) is 0 Å². The summed E-state index contributed by atoms with van der Waals surface area (Å²) in [6.45, 7) is 0. The van der Waals surface area contributed by atoms with Crippen LogP contribution < -0.4 is 0 Å². The Morgan fingerprint density at radius 3 is 2.23 bits per heavy atom. The van der Waals surface area contributed by atoms with Gasteiger partial charge >= 0.3 is 12.1 Å². The van der Waals surface area contributed by atoms with Gasteiger partial charge in [0.2, 0.25) is 0 Å². The fourth-order valence-corrected chi connectivity index (χ4v) is 3.30. The smallest absolute Gasteiger partial charge is 0.432 e. The van der Waals surface area contributed by atoms with Crippen molar-refractivity contribution in [2.75, 3.05) is 12.5 Å². The first-order valence-corrected chi connectivity index (χ1v) is 10.8. The monoisotopic (exact) mass is 446 g/mol. The Labute approximate surface area is 183 Å². The van der Waals surface area contributed by atoms with Crippen LogP contribution in [0.2, 0.25) is 0 Å². The summed E-state index contributed by atoms with van der Waals surface area (Å²) in [5.74, 6) is -1.53. The minimum absolute atomic E-state index is 0.231. The van der Waals surface area contributed by atoms with Crippen LogP contribution in [0.4, 0.5) is 13.2 Å². The molecule has 1 aliphatic rings. The minimum atomic E-state index is -4.86. The molecule has 1 N–H and O–H groups in total. The lowest BCUT2D eigenvalue weighted by Crippen LogP contribution is -2.15. The molecular weight excluding hydrogens is 425 g/mol. The summed E-state index contributed by atoms with van der Waals surface area (Å²) in [5, 5.41) is 18.8. The second-order valence-corrected chi connectivity index (χ2v) is 7.43. The van der Waals surface area contributed by atoms with Crippen LogP contribution in [-0.4, -0.2) is 28.2 Å². The van der Waals surface area contributed by atoms with E-state index in [1.165, 1.54) is 18.2 Å². The zero-order valence-corrected chi connectivity index (χ0v) is 18.0. The highest BCUT2D eigenvalue weighted by molar-refractivity contribution is 7.97. The fraction of sp³-hybridized carbons (Fsp3) is 0.217. The predicted octanol–water partition coefficient (Wildman–Crippen LogP) is 6.16. The van der Waals surface area contributed by atoms with Gasteiger partial charge in [-0.1, -0.05) is 54.6 Å². The van der Waals surface area contributed by atoms with Crippen LogP contribution in [0.3, 0.4) is 0 Å². The number of carboxylic acids is 1. The SMILES string of the molecule is CSC.Cn1c(C(=O)O)c(-c2ccc(C3=CC=CC=CC3)cc2)c(C#N)c1C(F)(F)F. The fourth-order valence-electron chi connectivity index (χ4n) is 3.30. The van der Waals surface area contributed by atoms with Gasteiger partial charge in [0.15, 0.2) is 0 Å². The van der Waals surface area contributed by atoms with Crippen LogP contribution in [0.15, 0.2) is 54.6 Å². The Bertz CT molecular complexity index is 1090. The molecule has 162 valence electrons. The minimum Gasteiger partial charge on any atom is -0.477 e. The summed E-state index contributed by atoms with van der Waals surface area (Å²) in [6, 6.07) is 8.03. The number of carbonyl (C=O) groups is 1. The number of nitrogens with zero attached hydrogens (tertiary/aromatic N) is 2. The highest BCUT2D eigenvalue weighted by atomic mass is 32.2. The lowest BCUT2D eigenvalue weighted by atomic mass is 9.96. The van der Waals surface area contributed by atoms with E-state index in [2.05, 4.69) is 0 Å². The van der Waals surface area contributed by atoms with Crippen molar-refractivity contribution in [2.45, 2.75) is 12.6 Å². The molecule has 0 radical (unpaired) electrons. The van der Waals surface area contributed by atoms with E-state index in [0.717, 1.165) is 18.2 Å². The van der Waals surface area contributed by atoms with Crippen molar-refractivity contribution in [2.24, 2.45) is 7.05 Å². The standard InChI is InChI=1S/C21H15F3N2O2.C2H6S/c1-26-18(20(27)28)17(16(12-25)19(26)21(22,23)24)15-10-8-14(9-11-15)13-6-4-2-3-5-7-13;1-3-2/h2-6,8-11H,7H2,1H3,(H,27,28);1-2H3. The Morgan fingerprint density at radius 2 is 1.71 bits per heavy atom. The van der Waals surface area contributed by atoms with Crippen molar-refractivity contribution in [1.82, 2.24) is 4.57 Å². The van der Waals surface area contributed by atoms with Crippen LogP contribution >= 0.6 is 11.8 Å². The number of benzene rings is 1. The molecule has 1 heterocycles. The van der Waals surface area contributed by atoms with E-state index in [-0.39, 0.29) is 11.1 Å². The number of alkyl halides is 3. The molecule has 0 fully saturated rings. The molecule has 31 heavy (non-hydrogen) atoms. The zero-order valence-electron chi connectivity index (χ0n) is 17.2. The highest BCUT2D eigenvalue weighted by Gasteiger charge is 2.41. The second-order valence-electron chi connectivity index (χ2n) is 6.62. The van der Waals surface area contributed by atoms with E-state index in [1.807, 2.05) is 42.9 Å². The molecule has 0 saturated heterocycles. The molecule has 0 spiro atoms. The molecule has 0 amide bonds. The molecule has 0 bridgehead atoms. The number of nitriles is 1. The van der Waals surface area contributed by atoms with E-state index < -0.39 is 29.1 Å². The molecule has 0 aliphatic heterocycles. The Balaban J connectivity index is 0.00000107. The maximum atomic E-state index is 13.4. The van der Waals surface area contributed by atoms with Crippen molar-refractivity contribution < 1.29 is 23.1 Å². The maximum Gasteiger partial charge on any atom is 0.432 e. The van der Waals surface area contributed by atoms with Gasteiger partial charge in [-0.25, -0.2) is 4.79 Å². The molecule has 3 rings (SSSR count). The van der Waals surface area contributed by atoms with Crippen LogP contribution in [0.5, 0.6) is 0 Å². The van der Waals surface area contributed by atoms with E-state index in [4.69, 9.17) is 0 Å². The molecule has 0 atom stereocenters. The van der Waals surface area contributed by atoms with Crippen LogP contribution in [0.1, 0.15) is 33.7 Å². The molecule has 1 aromatic carbocycles. The molecule has 2 aromatic rings. The van der Waals surface area contributed by atoms with Crippen molar-refractivity contribution in [3.05, 3.63) is 77.2 Å². The first kappa shape index (κ1) is 24.1. The Hall–Kier alpha value is -3.18. The number of halogens is 3. The van der Waals surface area contributed by atoms with Crippen LogP contribution in [0, 0.1) is 11.3 Å². The number of hydrogen-bond donors (Lipinski definition) is 1. The number of aromatic nitrogens is 1. The van der Waals surface area contributed by atoms with Gasteiger partial charge in [-0.15, -0.1) is 0 Å². The number of carboxylic acid groups (broad SMARTS) is 1.